The van der Waals surface area contributed by atoms with E-state index in [1.54, 1.807) is 7.11 Å². The van der Waals surface area contributed by atoms with Crippen molar-refractivity contribution in [2.45, 2.75) is 13.3 Å². The molecule has 0 aliphatic heterocycles. The van der Waals surface area contributed by atoms with Gasteiger partial charge in [0.25, 0.3) is 5.91 Å². The van der Waals surface area contributed by atoms with Crippen LogP contribution in [0.15, 0.2) is 54.6 Å². The first-order valence-electron chi connectivity index (χ1n) is 8.54. The van der Waals surface area contributed by atoms with E-state index < -0.39 is 0 Å². The second-order valence-electron chi connectivity index (χ2n) is 6.03. The number of aryl methyl sites for hydroxylation is 1. The van der Waals surface area contributed by atoms with Gasteiger partial charge >= 0.3 is 0 Å². The number of fused-ring (bicyclic) bond motifs is 1. The summed E-state index contributed by atoms with van der Waals surface area (Å²) in [4.78, 5) is 16.4. The van der Waals surface area contributed by atoms with Crippen molar-refractivity contribution >= 4 is 16.8 Å². The fourth-order valence-corrected chi connectivity index (χ4v) is 2.72. The van der Waals surface area contributed by atoms with Crippen molar-refractivity contribution in [3.63, 3.8) is 0 Å². The van der Waals surface area contributed by atoms with Gasteiger partial charge < -0.3 is 14.8 Å². The number of nitrogens with zero attached hydrogens (tertiary/aromatic N) is 1. The molecule has 5 heteroatoms. The molecular weight excluding hydrogens is 328 g/mol. The van der Waals surface area contributed by atoms with Crippen molar-refractivity contribution in [1.82, 2.24) is 10.3 Å². The molecule has 1 N–H and O–H groups in total. The maximum absolute atomic E-state index is 12.0. The standard InChI is InChI=1S/C21H22N2O3/c1-15-13-21(23-19-6-4-3-5-18(15)19)26-14-20(24)22-12-11-16-7-9-17(25-2)10-8-16/h3-10,13H,11-12,14H2,1-2H3,(H,22,24). The molecule has 26 heavy (non-hydrogen) atoms. The number of aromatic nitrogens is 1. The van der Waals surface area contributed by atoms with Gasteiger partial charge in [0.15, 0.2) is 6.61 Å². The number of rotatable bonds is 7. The van der Waals surface area contributed by atoms with Crippen LogP contribution in [0.4, 0.5) is 0 Å². The van der Waals surface area contributed by atoms with Crippen LogP contribution in [-0.2, 0) is 11.2 Å². The number of amides is 1. The molecule has 1 aromatic heterocycles. The van der Waals surface area contributed by atoms with Crippen LogP contribution in [0, 0.1) is 6.92 Å². The van der Waals surface area contributed by atoms with Gasteiger partial charge in [-0.05, 0) is 42.7 Å². The van der Waals surface area contributed by atoms with Crippen molar-refractivity contribution in [3.05, 3.63) is 65.7 Å². The minimum absolute atomic E-state index is 0.0482. The summed E-state index contributed by atoms with van der Waals surface area (Å²) in [6.45, 7) is 2.51. The Labute approximate surface area is 153 Å². The van der Waals surface area contributed by atoms with Crippen molar-refractivity contribution < 1.29 is 14.3 Å². The average Bonchev–Trinajstić information content (AvgIpc) is 2.67. The van der Waals surface area contributed by atoms with Crippen molar-refractivity contribution in [1.29, 1.82) is 0 Å². The molecule has 134 valence electrons. The van der Waals surface area contributed by atoms with Crippen LogP contribution in [0.1, 0.15) is 11.1 Å². The Hall–Kier alpha value is -3.08. The molecule has 5 nitrogen and oxygen atoms in total. The highest BCUT2D eigenvalue weighted by molar-refractivity contribution is 5.82. The van der Waals surface area contributed by atoms with Crippen LogP contribution in [0.2, 0.25) is 0 Å². The number of nitrogens with one attached hydrogen (secondary N) is 1. The molecule has 3 aromatic rings. The lowest BCUT2D eigenvalue weighted by Crippen LogP contribution is -2.30. The molecular formula is C21H22N2O3. The summed E-state index contributed by atoms with van der Waals surface area (Å²) in [7, 11) is 1.64. The quantitative estimate of drug-likeness (QED) is 0.710. The molecule has 0 fully saturated rings. The first-order valence-corrected chi connectivity index (χ1v) is 8.54. The molecule has 0 saturated heterocycles. The van der Waals surface area contributed by atoms with E-state index in [9.17, 15) is 4.79 Å². The summed E-state index contributed by atoms with van der Waals surface area (Å²) in [6.07, 6.45) is 0.753. The molecule has 0 bridgehead atoms. The van der Waals surface area contributed by atoms with Gasteiger partial charge in [-0.2, -0.15) is 0 Å². The number of methoxy groups -OCH3 is 1. The molecule has 0 unspecified atom stereocenters. The Bertz CT molecular complexity index is 891. The molecule has 0 aliphatic rings. The fourth-order valence-electron chi connectivity index (χ4n) is 2.72. The first-order chi connectivity index (χ1) is 12.7. The highest BCUT2D eigenvalue weighted by Crippen LogP contribution is 2.20. The number of hydrogen-bond acceptors (Lipinski definition) is 4. The topological polar surface area (TPSA) is 60.5 Å². The first kappa shape index (κ1) is 17.7. The Morgan fingerprint density at radius 3 is 2.65 bits per heavy atom. The van der Waals surface area contributed by atoms with E-state index in [0.29, 0.717) is 12.4 Å². The van der Waals surface area contributed by atoms with Crippen LogP contribution in [0.3, 0.4) is 0 Å². The molecule has 1 amide bonds. The van der Waals surface area contributed by atoms with E-state index >= 15 is 0 Å². The molecule has 2 aromatic carbocycles. The molecule has 0 atom stereocenters. The van der Waals surface area contributed by atoms with Crippen LogP contribution >= 0.6 is 0 Å². The predicted molar refractivity (Wildman–Crippen MR) is 102 cm³/mol. The van der Waals surface area contributed by atoms with E-state index in [-0.39, 0.29) is 12.5 Å². The molecule has 0 spiro atoms. The maximum Gasteiger partial charge on any atom is 0.258 e. The fraction of sp³-hybridized carbons (Fsp3) is 0.238. The smallest absolute Gasteiger partial charge is 0.258 e. The Morgan fingerprint density at radius 2 is 1.88 bits per heavy atom. The number of ether oxygens (including phenoxy) is 2. The summed E-state index contributed by atoms with van der Waals surface area (Å²) in [5.41, 5.74) is 3.08. The maximum atomic E-state index is 12.0. The number of carbonyl (C=O) groups is 1. The largest absolute Gasteiger partial charge is 0.497 e. The minimum atomic E-state index is -0.161. The van der Waals surface area contributed by atoms with Crippen molar-refractivity contribution in [3.8, 4) is 11.6 Å². The Balaban J connectivity index is 1.48. The lowest BCUT2D eigenvalue weighted by Gasteiger charge is -2.09. The average molecular weight is 350 g/mol. The molecule has 0 aliphatic carbocycles. The van der Waals surface area contributed by atoms with E-state index in [2.05, 4.69) is 10.3 Å². The minimum Gasteiger partial charge on any atom is -0.497 e. The summed E-state index contributed by atoms with van der Waals surface area (Å²) in [5.74, 6) is 1.13. The third-order valence-electron chi connectivity index (χ3n) is 4.15. The van der Waals surface area contributed by atoms with E-state index in [1.807, 2.05) is 61.5 Å². The van der Waals surface area contributed by atoms with Crippen LogP contribution < -0.4 is 14.8 Å². The summed E-state index contributed by atoms with van der Waals surface area (Å²) in [5, 5.41) is 3.95. The highest BCUT2D eigenvalue weighted by atomic mass is 16.5. The van der Waals surface area contributed by atoms with Gasteiger partial charge in [0, 0.05) is 18.0 Å². The predicted octanol–water partition coefficient (Wildman–Crippen LogP) is 3.29. The Kier molecular flexibility index (Phi) is 5.69. The van der Waals surface area contributed by atoms with Crippen LogP contribution in [0.25, 0.3) is 10.9 Å². The molecule has 0 saturated carbocycles. The van der Waals surface area contributed by atoms with E-state index in [1.165, 1.54) is 0 Å². The Morgan fingerprint density at radius 1 is 1.12 bits per heavy atom. The number of pyridine rings is 1. The van der Waals surface area contributed by atoms with Crippen LogP contribution in [0.5, 0.6) is 11.6 Å². The second-order valence-corrected chi connectivity index (χ2v) is 6.03. The summed E-state index contributed by atoms with van der Waals surface area (Å²) < 4.78 is 10.7. The van der Waals surface area contributed by atoms with Gasteiger partial charge in [0.1, 0.15) is 5.75 Å². The zero-order valence-corrected chi connectivity index (χ0v) is 15.0. The summed E-state index contributed by atoms with van der Waals surface area (Å²) >= 11 is 0. The van der Waals surface area contributed by atoms with E-state index in [0.717, 1.165) is 34.2 Å². The lowest BCUT2D eigenvalue weighted by atomic mass is 10.1. The lowest BCUT2D eigenvalue weighted by molar-refractivity contribution is -0.123. The van der Waals surface area contributed by atoms with Gasteiger partial charge in [0.2, 0.25) is 5.88 Å². The van der Waals surface area contributed by atoms with E-state index in [4.69, 9.17) is 9.47 Å². The number of para-hydroxylation sites is 1. The van der Waals surface area contributed by atoms with Gasteiger partial charge in [-0.25, -0.2) is 4.98 Å². The zero-order chi connectivity index (χ0) is 18.4. The van der Waals surface area contributed by atoms with Crippen molar-refractivity contribution in [2.24, 2.45) is 0 Å². The normalized spacial score (nSPS) is 10.5. The number of hydrogen-bond donors (Lipinski definition) is 1. The third kappa shape index (κ3) is 4.51. The molecule has 1 heterocycles. The molecule has 3 rings (SSSR count). The number of carbonyl (C=O) groups excluding carboxylic acids is 1. The monoisotopic (exact) mass is 350 g/mol. The number of benzene rings is 2. The van der Waals surface area contributed by atoms with Crippen molar-refractivity contribution in [2.75, 3.05) is 20.3 Å². The van der Waals surface area contributed by atoms with Gasteiger partial charge in [-0.1, -0.05) is 30.3 Å². The summed E-state index contributed by atoms with van der Waals surface area (Å²) in [6, 6.07) is 17.5. The van der Waals surface area contributed by atoms with Gasteiger partial charge in [-0.3, -0.25) is 4.79 Å². The van der Waals surface area contributed by atoms with Crippen LogP contribution in [-0.4, -0.2) is 31.2 Å². The van der Waals surface area contributed by atoms with Gasteiger partial charge in [0.05, 0.1) is 12.6 Å². The highest BCUT2D eigenvalue weighted by Gasteiger charge is 2.06. The zero-order valence-electron chi connectivity index (χ0n) is 15.0. The SMILES string of the molecule is COc1ccc(CCNC(=O)COc2cc(C)c3ccccc3n2)cc1. The van der Waals surface area contributed by atoms with Gasteiger partial charge in [-0.15, -0.1) is 0 Å². The second kappa shape index (κ2) is 8.34. The molecule has 0 radical (unpaired) electrons. The third-order valence-corrected chi connectivity index (χ3v) is 4.15.